The van der Waals surface area contributed by atoms with Crippen LogP contribution in [0.25, 0.3) is 21.9 Å². The van der Waals surface area contributed by atoms with E-state index in [2.05, 4.69) is 6.92 Å². The van der Waals surface area contributed by atoms with Crippen molar-refractivity contribution >= 4 is 33.5 Å². The van der Waals surface area contributed by atoms with Crippen LogP contribution < -0.4 is 10.4 Å². The summed E-state index contributed by atoms with van der Waals surface area (Å²) in [5.41, 5.74) is 1.62. The maximum atomic E-state index is 13.3. The number of benzene rings is 3. The number of carbonyl (C=O) groups excluding carboxylic acids is 2. The number of rotatable bonds is 3. The SMILES string of the molecule is CCC(C)(C)C1=c2ccccc2=C(c2cccc3ccccc23)C(=O)C1=O. The molecular weight excluding hydrogens is 332 g/mol. The van der Waals surface area contributed by atoms with Crippen LogP contribution in [0.3, 0.4) is 0 Å². The van der Waals surface area contributed by atoms with Gasteiger partial charge in [0.25, 0.3) is 0 Å². The molecule has 0 bridgehead atoms. The zero-order valence-electron chi connectivity index (χ0n) is 15.9. The summed E-state index contributed by atoms with van der Waals surface area (Å²) in [5.74, 6) is -0.773. The summed E-state index contributed by atoms with van der Waals surface area (Å²) >= 11 is 0. The molecule has 3 aromatic rings. The van der Waals surface area contributed by atoms with Gasteiger partial charge in [-0.1, -0.05) is 87.5 Å². The van der Waals surface area contributed by atoms with Crippen LogP contribution in [0.1, 0.15) is 32.8 Å². The third-order valence-electron chi connectivity index (χ3n) is 5.75. The number of carbonyl (C=O) groups is 2. The number of fused-ring (bicyclic) bond motifs is 2. The molecular formula is C25H22O2. The molecule has 0 unspecified atom stereocenters. The van der Waals surface area contributed by atoms with E-state index in [1.54, 1.807) is 0 Å². The van der Waals surface area contributed by atoms with Crippen molar-refractivity contribution in [2.75, 3.05) is 0 Å². The van der Waals surface area contributed by atoms with E-state index in [0.717, 1.165) is 33.2 Å². The van der Waals surface area contributed by atoms with Gasteiger partial charge in [0.2, 0.25) is 11.6 Å². The van der Waals surface area contributed by atoms with Crippen LogP contribution in [-0.2, 0) is 9.59 Å². The van der Waals surface area contributed by atoms with Crippen LogP contribution in [-0.4, -0.2) is 11.6 Å². The zero-order chi connectivity index (χ0) is 19.2. The third-order valence-corrected chi connectivity index (χ3v) is 5.75. The van der Waals surface area contributed by atoms with Gasteiger partial charge in [0, 0.05) is 11.1 Å². The smallest absolute Gasteiger partial charge is 0.234 e. The average Bonchev–Trinajstić information content (AvgIpc) is 2.69. The zero-order valence-corrected chi connectivity index (χ0v) is 15.9. The highest BCUT2D eigenvalue weighted by Gasteiger charge is 2.36. The molecule has 0 aromatic heterocycles. The van der Waals surface area contributed by atoms with Crippen LogP contribution in [0.2, 0.25) is 0 Å². The second-order valence-electron chi connectivity index (χ2n) is 7.72. The first-order valence-corrected chi connectivity index (χ1v) is 9.37. The van der Waals surface area contributed by atoms with Crippen LogP contribution in [0.15, 0.2) is 66.7 Å². The van der Waals surface area contributed by atoms with E-state index in [9.17, 15) is 9.59 Å². The van der Waals surface area contributed by atoms with Gasteiger partial charge in [0.05, 0.1) is 0 Å². The molecule has 3 aromatic carbocycles. The minimum atomic E-state index is -0.401. The van der Waals surface area contributed by atoms with Gasteiger partial charge in [-0.2, -0.15) is 0 Å². The fourth-order valence-electron chi connectivity index (χ4n) is 3.95. The molecule has 27 heavy (non-hydrogen) atoms. The van der Waals surface area contributed by atoms with Gasteiger partial charge >= 0.3 is 0 Å². The molecule has 0 radical (unpaired) electrons. The summed E-state index contributed by atoms with van der Waals surface area (Å²) < 4.78 is 0. The molecule has 4 rings (SSSR count). The van der Waals surface area contributed by atoms with E-state index in [0.29, 0.717) is 11.1 Å². The van der Waals surface area contributed by atoms with E-state index >= 15 is 0 Å². The molecule has 0 heterocycles. The lowest BCUT2D eigenvalue weighted by Crippen LogP contribution is -2.44. The van der Waals surface area contributed by atoms with Gasteiger partial charge in [-0.25, -0.2) is 0 Å². The molecule has 134 valence electrons. The predicted molar refractivity (Wildman–Crippen MR) is 110 cm³/mol. The van der Waals surface area contributed by atoms with Crippen molar-refractivity contribution in [3.63, 3.8) is 0 Å². The summed E-state index contributed by atoms with van der Waals surface area (Å²) in [4.78, 5) is 26.5. The van der Waals surface area contributed by atoms with Gasteiger partial charge in [-0.3, -0.25) is 9.59 Å². The molecule has 2 heteroatoms. The second kappa shape index (κ2) is 6.31. The van der Waals surface area contributed by atoms with Crippen LogP contribution in [0, 0.1) is 5.41 Å². The minimum Gasteiger partial charge on any atom is -0.285 e. The maximum absolute atomic E-state index is 13.3. The Morgan fingerprint density at radius 2 is 1.37 bits per heavy atom. The quantitative estimate of drug-likeness (QED) is 0.671. The number of hydrogen-bond donors (Lipinski definition) is 0. The van der Waals surface area contributed by atoms with Gasteiger partial charge in [0.15, 0.2) is 0 Å². The van der Waals surface area contributed by atoms with Crippen molar-refractivity contribution in [3.8, 4) is 0 Å². The molecule has 0 amide bonds. The Kier molecular flexibility index (Phi) is 4.07. The van der Waals surface area contributed by atoms with Crippen LogP contribution in [0.4, 0.5) is 0 Å². The lowest BCUT2D eigenvalue weighted by atomic mass is 9.73. The summed E-state index contributed by atoms with van der Waals surface area (Å²) in [6, 6.07) is 21.7. The molecule has 0 saturated heterocycles. The number of ketones is 2. The lowest BCUT2D eigenvalue weighted by molar-refractivity contribution is -0.130. The highest BCUT2D eigenvalue weighted by molar-refractivity contribution is 6.65. The topological polar surface area (TPSA) is 34.1 Å². The summed E-state index contributed by atoms with van der Waals surface area (Å²) in [6.07, 6.45) is 0.791. The molecule has 2 nitrogen and oxygen atoms in total. The Hall–Kier alpha value is -3.00. The van der Waals surface area contributed by atoms with Crippen molar-refractivity contribution in [2.45, 2.75) is 27.2 Å². The standard InChI is InChI=1S/C25H22O2/c1-4-25(2,3)22-20-14-8-7-13-19(20)21(23(26)24(22)27)18-15-9-11-16-10-5-6-12-17(16)18/h5-15H,4H2,1-3H3. The summed E-state index contributed by atoms with van der Waals surface area (Å²) in [5, 5.41) is 3.79. The van der Waals surface area contributed by atoms with Gasteiger partial charge in [0.1, 0.15) is 0 Å². The van der Waals surface area contributed by atoms with E-state index in [-0.39, 0.29) is 11.2 Å². The van der Waals surface area contributed by atoms with Gasteiger partial charge in [-0.15, -0.1) is 0 Å². The molecule has 1 aliphatic rings. The lowest BCUT2D eigenvalue weighted by Gasteiger charge is -2.28. The summed E-state index contributed by atoms with van der Waals surface area (Å²) in [7, 11) is 0. The largest absolute Gasteiger partial charge is 0.285 e. The van der Waals surface area contributed by atoms with E-state index in [4.69, 9.17) is 0 Å². The van der Waals surface area contributed by atoms with E-state index in [1.165, 1.54) is 0 Å². The molecule has 1 aliphatic carbocycles. The van der Waals surface area contributed by atoms with E-state index < -0.39 is 5.78 Å². The molecule has 0 N–H and O–H groups in total. The molecule has 0 atom stereocenters. The average molecular weight is 354 g/mol. The first-order valence-electron chi connectivity index (χ1n) is 9.37. The van der Waals surface area contributed by atoms with Gasteiger partial charge in [-0.05, 0) is 38.6 Å². The molecule has 0 fully saturated rings. The summed E-state index contributed by atoms with van der Waals surface area (Å²) in [6.45, 7) is 6.12. The van der Waals surface area contributed by atoms with E-state index in [1.807, 2.05) is 80.6 Å². The predicted octanol–water partition coefficient (Wildman–Crippen LogP) is 3.78. The molecule has 0 spiro atoms. The Morgan fingerprint density at radius 1 is 0.741 bits per heavy atom. The maximum Gasteiger partial charge on any atom is 0.234 e. The van der Waals surface area contributed by atoms with Crippen LogP contribution in [0.5, 0.6) is 0 Å². The molecule has 0 saturated carbocycles. The Morgan fingerprint density at radius 3 is 2.11 bits per heavy atom. The van der Waals surface area contributed by atoms with Gasteiger partial charge < -0.3 is 0 Å². The Balaban J connectivity index is 2.22. The number of Topliss-reactive ketones (excluding diaryl/α,β-unsaturated/α-hetero) is 2. The Labute approximate surface area is 158 Å². The highest BCUT2D eigenvalue weighted by atomic mass is 16.2. The van der Waals surface area contributed by atoms with Crippen LogP contribution >= 0.6 is 0 Å². The van der Waals surface area contributed by atoms with Crippen molar-refractivity contribution in [1.82, 2.24) is 0 Å². The third kappa shape index (κ3) is 2.64. The van der Waals surface area contributed by atoms with Crippen molar-refractivity contribution in [3.05, 3.63) is 82.7 Å². The van der Waals surface area contributed by atoms with Crippen molar-refractivity contribution in [2.24, 2.45) is 5.41 Å². The first-order chi connectivity index (χ1) is 13.0. The molecule has 0 aliphatic heterocycles. The second-order valence-corrected chi connectivity index (χ2v) is 7.72. The highest BCUT2D eigenvalue weighted by Crippen LogP contribution is 2.34. The Bertz CT molecular complexity index is 1210. The normalized spacial score (nSPS) is 14.6. The fourth-order valence-corrected chi connectivity index (χ4v) is 3.95. The minimum absolute atomic E-state index is 0.354. The first kappa shape index (κ1) is 17.4. The fraction of sp³-hybridized carbons (Fsp3) is 0.200. The monoisotopic (exact) mass is 354 g/mol. The van der Waals surface area contributed by atoms with Crippen molar-refractivity contribution in [1.29, 1.82) is 0 Å². The van der Waals surface area contributed by atoms with Crippen molar-refractivity contribution < 1.29 is 9.59 Å². The number of hydrogen-bond acceptors (Lipinski definition) is 2.